The monoisotopic (exact) mass is 203 g/mol. The van der Waals surface area contributed by atoms with Crippen LogP contribution >= 0.6 is 0 Å². The average Bonchev–Trinajstić information content (AvgIpc) is 3.10. The summed E-state index contributed by atoms with van der Waals surface area (Å²) in [5.74, 6) is 0.206. The standard InChI is InChI=1S/C13H17NO/c1-2-10-4-3-5-11(8-10)13(15)9-14-12-6-7-12/h3-5,8,12,14H,2,6-7,9H2,1H3. The van der Waals surface area contributed by atoms with Crippen LogP contribution in [0.25, 0.3) is 0 Å². The Morgan fingerprint density at radius 1 is 1.47 bits per heavy atom. The zero-order valence-electron chi connectivity index (χ0n) is 9.12. The number of Topliss-reactive ketones (excluding diaryl/α,β-unsaturated/α-hetero) is 1. The third kappa shape index (κ3) is 2.90. The fraction of sp³-hybridized carbons (Fsp3) is 0.462. The summed E-state index contributed by atoms with van der Waals surface area (Å²) in [5, 5.41) is 3.24. The van der Waals surface area contributed by atoms with Crippen molar-refractivity contribution in [3.63, 3.8) is 0 Å². The van der Waals surface area contributed by atoms with Crippen LogP contribution in [0.5, 0.6) is 0 Å². The Balaban J connectivity index is 1.96. The predicted molar refractivity (Wildman–Crippen MR) is 61.2 cm³/mol. The average molecular weight is 203 g/mol. The van der Waals surface area contributed by atoms with Crippen LogP contribution in [0.2, 0.25) is 0 Å². The minimum Gasteiger partial charge on any atom is -0.307 e. The van der Waals surface area contributed by atoms with Gasteiger partial charge in [0.1, 0.15) is 0 Å². The quantitative estimate of drug-likeness (QED) is 0.743. The highest BCUT2D eigenvalue weighted by Crippen LogP contribution is 2.18. The molecule has 80 valence electrons. The molecule has 1 saturated carbocycles. The molecule has 2 nitrogen and oxygen atoms in total. The summed E-state index contributed by atoms with van der Waals surface area (Å²) >= 11 is 0. The van der Waals surface area contributed by atoms with E-state index in [2.05, 4.69) is 18.3 Å². The van der Waals surface area contributed by atoms with Gasteiger partial charge in [0.2, 0.25) is 0 Å². The largest absolute Gasteiger partial charge is 0.307 e. The summed E-state index contributed by atoms with van der Waals surface area (Å²) in [6.45, 7) is 2.59. The molecule has 1 aliphatic rings. The van der Waals surface area contributed by atoms with E-state index in [1.54, 1.807) is 0 Å². The Morgan fingerprint density at radius 2 is 2.27 bits per heavy atom. The summed E-state index contributed by atoms with van der Waals surface area (Å²) in [4.78, 5) is 11.8. The fourth-order valence-electron chi connectivity index (χ4n) is 1.59. The Hall–Kier alpha value is -1.15. The van der Waals surface area contributed by atoms with Crippen LogP contribution in [0.15, 0.2) is 24.3 Å². The number of hydrogen-bond acceptors (Lipinski definition) is 2. The highest BCUT2D eigenvalue weighted by atomic mass is 16.1. The molecule has 2 heteroatoms. The lowest BCUT2D eigenvalue weighted by Crippen LogP contribution is -2.24. The van der Waals surface area contributed by atoms with E-state index in [0.29, 0.717) is 12.6 Å². The number of carbonyl (C=O) groups excluding carboxylic acids is 1. The Morgan fingerprint density at radius 3 is 2.93 bits per heavy atom. The molecule has 0 aliphatic heterocycles. The second-order valence-electron chi connectivity index (χ2n) is 4.13. The number of aryl methyl sites for hydroxylation is 1. The molecular weight excluding hydrogens is 186 g/mol. The van der Waals surface area contributed by atoms with Gasteiger partial charge in [-0.1, -0.05) is 25.1 Å². The van der Waals surface area contributed by atoms with Gasteiger partial charge in [0.25, 0.3) is 0 Å². The first kappa shape index (κ1) is 10.4. The molecule has 0 saturated heterocycles. The second-order valence-corrected chi connectivity index (χ2v) is 4.13. The van der Waals surface area contributed by atoms with Crippen LogP contribution in [0, 0.1) is 0 Å². The molecule has 0 radical (unpaired) electrons. The van der Waals surface area contributed by atoms with Gasteiger partial charge >= 0.3 is 0 Å². The van der Waals surface area contributed by atoms with Crippen LogP contribution in [-0.2, 0) is 6.42 Å². The Kier molecular flexibility index (Phi) is 3.17. The zero-order valence-corrected chi connectivity index (χ0v) is 9.12. The van der Waals surface area contributed by atoms with Gasteiger partial charge in [-0.25, -0.2) is 0 Å². The molecule has 1 aliphatic carbocycles. The summed E-state index contributed by atoms with van der Waals surface area (Å²) in [5.41, 5.74) is 2.06. The van der Waals surface area contributed by atoms with Crippen molar-refractivity contribution in [3.05, 3.63) is 35.4 Å². The van der Waals surface area contributed by atoms with Gasteiger partial charge in [-0.3, -0.25) is 4.79 Å². The number of carbonyl (C=O) groups is 1. The molecule has 0 unspecified atom stereocenters. The van der Waals surface area contributed by atoms with E-state index in [-0.39, 0.29) is 5.78 Å². The third-order valence-electron chi connectivity index (χ3n) is 2.79. The van der Waals surface area contributed by atoms with Gasteiger partial charge in [0.15, 0.2) is 5.78 Å². The molecule has 2 rings (SSSR count). The lowest BCUT2D eigenvalue weighted by atomic mass is 10.1. The van der Waals surface area contributed by atoms with Crippen LogP contribution in [0.3, 0.4) is 0 Å². The molecular formula is C13H17NO. The Labute approximate surface area is 90.7 Å². The highest BCUT2D eigenvalue weighted by Gasteiger charge is 2.21. The molecule has 0 atom stereocenters. The maximum Gasteiger partial charge on any atom is 0.176 e. The first-order valence-corrected chi connectivity index (χ1v) is 5.65. The summed E-state index contributed by atoms with van der Waals surface area (Å²) in [6.07, 6.45) is 3.43. The number of hydrogen-bond donors (Lipinski definition) is 1. The van der Waals surface area contributed by atoms with Crippen LogP contribution in [0.4, 0.5) is 0 Å². The van der Waals surface area contributed by atoms with Crippen molar-refractivity contribution in [3.8, 4) is 0 Å². The first-order valence-electron chi connectivity index (χ1n) is 5.65. The molecule has 1 N–H and O–H groups in total. The molecule has 0 bridgehead atoms. The van der Waals surface area contributed by atoms with Gasteiger partial charge in [0.05, 0.1) is 6.54 Å². The predicted octanol–water partition coefficient (Wildman–Crippen LogP) is 2.18. The van der Waals surface area contributed by atoms with Crippen LogP contribution in [-0.4, -0.2) is 18.4 Å². The van der Waals surface area contributed by atoms with Gasteiger partial charge in [-0.2, -0.15) is 0 Å². The molecule has 0 heterocycles. The second kappa shape index (κ2) is 4.58. The maximum absolute atomic E-state index is 11.8. The maximum atomic E-state index is 11.8. The summed E-state index contributed by atoms with van der Waals surface area (Å²) < 4.78 is 0. The topological polar surface area (TPSA) is 29.1 Å². The minimum absolute atomic E-state index is 0.206. The molecule has 1 fully saturated rings. The molecule has 0 amide bonds. The molecule has 0 spiro atoms. The van der Waals surface area contributed by atoms with Crippen LogP contribution < -0.4 is 5.32 Å². The third-order valence-corrected chi connectivity index (χ3v) is 2.79. The zero-order chi connectivity index (χ0) is 10.7. The van der Waals surface area contributed by atoms with Gasteiger partial charge in [-0.15, -0.1) is 0 Å². The number of benzene rings is 1. The SMILES string of the molecule is CCc1cccc(C(=O)CNC2CC2)c1. The minimum atomic E-state index is 0.206. The molecule has 15 heavy (non-hydrogen) atoms. The molecule has 1 aromatic rings. The van der Waals surface area contributed by atoms with Crippen molar-refractivity contribution in [1.82, 2.24) is 5.32 Å². The van der Waals surface area contributed by atoms with E-state index < -0.39 is 0 Å². The highest BCUT2D eigenvalue weighted by molar-refractivity contribution is 5.97. The fourth-order valence-corrected chi connectivity index (χ4v) is 1.59. The normalized spacial score (nSPS) is 15.3. The van der Waals surface area contributed by atoms with E-state index in [1.807, 2.05) is 18.2 Å². The van der Waals surface area contributed by atoms with E-state index >= 15 is 0 Å². The summed E-state index contributed by atoms with van der Waals surface area (Å²) in [6, 6.07) is 8.52. The van der Waals surface area contributed by atoms with Crippen molar-refractivity contribution in [2.24, 2.45) is 0 Å². The molecule has 0 aromatic heterocycles. The van der Waals surface area contributed by atoms with Gasteiger partial charge in [-0.05, 0) is 30.9 Å². The van der Waals surface area contributed by atoms with Gasteiger partial charge < -0.3 is 5.32 Å². The number of nitrogens with one attached hydrogen (secondary N) is 1. The first-order chi connectivity index (χ1) is 7.29. The van der Waals surface area contributed by atoms with Crippen molar-refractivity contribution in [2.75, 3.05) is 6.54 Å². The van der Waals surface area contributed by atoms with Gasteiger partial charge in [0, 0.05) is 11.6 Å². The number of rotatable bonds is 5. The van der Waals surface area contributed by atoms with E-state index in [4.69, 9.17) is 0 Å². The lowest BCUT2D eigenvalue weighted by Gasteiger charge is -2.04. The van der Waals surface area contributed by atoms with Crippen LogP contribution in [0.1, 0.15) is 35.7 Å². The van der Waals surface area contributed by atoms with Crippen molar-refractivity contribution in [1.29, 1.82) is 0 Å². The number of ketones is 1. The molecule has 1 aromatic carbocycles. The van der Waals surface area contributed by atoms with E-state index in [0.717, 1.165) is 12.0 Å². The van der Waals surface area contributed by atoms with Crippen molar-refractivity contribution in [2.45, 2.75) is 32.2 Å². The van der Waals surface area contributed by atoms with E-state index in [1.165, 1.54) is 18.4 Å². The smallest absolute Gasteiger partial charge is 0.176 e. The lowest BCUT2D eigenvalue weighted by molar-refractivity contribution is 0.0990. The van der Waals surface area contributed by atoms with E-state index in [9.17, 15) is 4.79 Å². The van der Waals surface area contributed by atoms with Crippen molar-refractivity contribution < 1.29 is 4.79 Å². The summed E-state index contributed by atoms with van der Waals surface area (Å²) in [7, 11) is 0. The Bertz CT molecular complexity index is 355. The van der Waals surface area contributed by atoms with Crippen molar-refractivity contribution >= 4 is 5.78 Å².